The summed E-state index contributed by atoms with van der Waals surface area (Å²) in [5.41, 5.74) is 1.65. The zero-order chi connectivity index (χ0) is 13.8. The van der Waals surface area contributed by atoms with Crippen LogP contribution in [-0.2, 0) is 6.42 Å². The highest BCUT2D eigenvalue weighted by molar-refractivity contribution is 6.30. The molecule has 0 saturated heterocycles. The Morgan fingerprint density at radius 2 is 1.94 bits per heavy atom. The van der Waals surface area contributed by atoms with Gasteiger partial charge in [0.2, 0.25) is 0 Å². The topological polar surface area (TPSA) is 29.5 Å². The monoisotopic (exact) mass is 270 g/mol. The summed E-state index contributed by atoms with van der Waals surface area (Å²) in [5, 5.41) is 10.4. The highest BCUT2D eigenvalue weighted by Gasteiger charge is 2.12. The van der Waals surface area contributed by atoms with Gasteiger partial charge in [0, 0.05) is 5.02 Å². The van der Waals surface area contributed by atoms with Crippen molar-refractivity contribution >= 4 is 11.6 Å². The van der Waals surface area contributed by atoms with E-state index in [1.54, 1.807) is 7.11 Å². The van der Waals surface area contributed by atoms with Gasteiger partial charge in [-0.25, -0.2) is 0 Å². The summed E-state index contributed by atoms with van der Waals surface area (Å²) in [7, 11) is 1.69. The van der Waals surface area contributed by atoms with Crippen LogP contribution in [-0.4, -0.2) is 17.8 Å². The molecule has 18 heavy (non-hydrogen) atoms. The van der Waals surface area contributed by atoms with E-state index in [1.807, 2.05) is 32.9 Å². The molecule has 0 spiro atoms. The van der Waals surface area contributed by atoms with E-state index < -0.39 is 5.60 Å². The fourth-order valence-corrected chi connectivity index (χ4v) is 2.45. The molecule has 1 aromatic carbocycles. The lowest BCUT2D eigenvalue weighted by molar-refractivity contribution is 0.0682. The fourth-order valence-electron chi connectivity index (χ4n) is 2.15. The molecule has 0 aliphatic heterocycles. The van der Waals surface area contributed by atoms with Crippen LogP contribution < -0.4 is 4.74 Å². The highest BCUT2D eigenvalue weighted by Crippen LogP contribution is 2.29. The molecular formula is C15H23ClO2. The SMILES string of the molecule is COc1c(C)cc(Cl)cc1CCCCC(C)(C)O. The number of unbranched alkanes of at least 4 members (excludes halogenated alkanes) is 1. The van der Waals surface area contributed by atoms with Crippen molar-refractivity contribution in [1.82, 2.24) is 0 Å². The first-order valence-corrected chi connectivity index (χ1v) is 6.76. The summed E-state index contributed by atoms with van der Waals surface area (Å²) >= 11 is 6.07. The molecule has 0 aliphatic rings. The number of aryl methyl sites for hydroxylation is 2. The molecule has 3 heteroatoms. The second-order valence-electron chi connectivity index (χ2n) is 5.43. The maximum absolute atomic E-state index is 9.66. The molecule has 0 saturated carbocycles. The van der Waals surface area contributed by atoms with Crippen molar-refractivity contribution in [2.24, 2.45) is 0 Å². The molecule has 102 valence electrons. The Bertz CT molecular complexity index is 394. The van der Waals surface area contributed by atoms with Crippen LogP contribution in [0.1, 0.15) is 44.2 Å². The molecule has 0 fully saturated rings. The molecular weight excluding hydrogens is 248 g/mol. The van der Waals surface area contributed by atoms with Crippen LogP contribution in [0.15, 0.2) is 12.1 Å². The fraction of sp³-hybridized carbons (Fsp3) is 0.600. The quantitative estimate of drug-likeness (QED) is 0.787. The predicted molar refractivity (Wildman–Crippen MR) is 76.6 cm³/mol. The molecule has 0 bridgehead atoms. The van der Waals surface area contributed by atoms with E-state index in [-0.39, 0.29) is 0 Å². The first-order valence-electron chi connectivity index (χ1n) is 6.39. The van der Waals surface area contributed by atoms with Gasteiger partial charge < -0.3 is 9.84 Å². The minimum absolute atomic E-state index is 0.575. The second-order valence-corrected chi connectivity index (χ2v) is 5.87. The zero-order valence-electron chi connectivity index (χ0n) is 11.7. The van der Waals surface area contributed by atoms with Crippen LogP contribution in [0.5, 0.6) is 5.75 Å². The Morgan fingerprint density at radius 3 is 2.50 bits per heavy atom. The van der Waals surface area contributed by atoms with Gasteiger partial charge in [-0.3, -0.25) is 0 Å². The Balaban J connectivity index is 2.61. The maximum Gasteiger partial charge on any atom is 0.125 e. The van der Waals surface area contributed by atoms with Gasteiger partial charge in [0.15, 0.2) is 0 Å². The Labute approximate surface area is 115 Å². The summed E-state index contributed by atoms with van der Waals surface area (Å²) < 4.78 is 5.42. The van der Waals surface area contributed by atoms with Gasteiger partial charge in [0.05, 0.1) is 12.7 Å². The van der Waals surface area contributed by atoms with Crippen LogP contribution in [0.25, 0.3) is 0 Å². The van der Waals surface area contributed by atoms with E-state index in [9.17, 15) is 5.11 Å². The lowest BCUT2D eigenvalue weighted by Crippen LogP contribution is -2.17. The molecule has 0 heterocycles. The maximum atomic E-state index is 9.66. The summed E-state index contributed by atoms with van der Waals surface area (Å²) in [5.74, 6) is 0.933. The molecule has 2 nitrogen and oxygen atoms in total. The lowest BCUT2D eigenvalue weighted by atomic mass is 9.98. The van der Waals surface area contributed by atoms with Gasteiger partial charge in [-0.1, -0.05) is 18.0 Å². The molecule has 0 aromatic heterocycles. The third-order valence-electron chi connectivity index (χ3n) is 3.01. The van der Waals surface area contributed by atoms with Crippen LogP contribution >= 0.6 is 11.6 Å². The number of hydrogen-bond acceptors (Lipinski definition) is 2. The summed E-state index contributed by atoms with van der Waals surface area (Å²) in [6.45, 7) is 5.69. The zero-order valence-corrected chi connectivity index (χ0v) is 12.5. The third kappa shape index (κ3) is 4.87. The lowest BCUT2D eigenvalue weighted by Gasteiger charge is -2.17. The van der Waals surface area contributed by atoms with Crippen LogP contribution in [0.3, 0.4) is 0 Å². The molecule has 0 unspecified atom stereocenters. The number of ether oxygens (including phenoxy) is 1. The van der Waals surface area contributed by atoms with Crippen molar-refractivity contribution in [3.05, 3.63) is 28.3 Å². The van der Waals surface area contributed by atoms with Crippen molar-refractivity contribution in [3.8, 4) is 5.75 Å². The summed E-state index contributed by atoms with van der Waals surface area (Å²) in [6, 6.07) is 3.89. The van der Waals surface area contributed by atoms with Crippen molar-refractivity contribution < 1.29 is 9.84 Å². The van der Waals surface area contributed by atoms with E-state index >= 15 is 0 Å². The number of rotatable bonds is 6. The van der Waals surface area contributed by atoms with Gasteiger partial charge in [-0.15, -0.1) is 0 Å². The number of halogens is 1. The van der Waals surface area contributed by atoms with E-state index in [1.165, 1.54) is 0 Å². The first kappa shape index (κ1) is 15.3. The minimum Gasteiger partial charge on any atom is -0.496 e. The van der Waals surface area contributed by atoms with Gasteiger partial charge >= 0.3 is 0 Å². The molecule has 0 aliphatic carbocycles. The first-order chi connectivity index (χ1) is 8.33. The normalized spacial score (nSPS) is 11.7. The number of hydrogen-bond donors (Lipinski definition) is 1. The summed E-state index contributed by atoms with van der Waals surface area (Å²) in [4.78, 5) is 0. The van der Waals surface area contributed by atoms with Crippen molar-refractivity contribution in [2.75, 3.05) is 7.11 Å². The smallest absolute Gasteiger partial charge is 0.125 e. The van der Waals surface area contributed by atoms with Crippen LogP contribution in [0.4, 0.5) is 0 Å². The van der Waals surface area contributed by atoms with Crippen LogP contribution in [0.2, 0.25) is 5.02 Å². The van der Waals surface area contributed by atoms with Crippen LogP contribution in [0, 0.1) is 6.92 Å². The number of methoxy groups -OCH3 is 1. The van der Waals surface area contributed by atoms with E-state index in [0.29, 0.717) is 0 Å². The molecule has 0 amide bonds. The highest BCUT2D eigenvalue weighted by atomic mass is 35.5. The van der Waals surface area contributed by atoms with Gasteiger partial charge in [0.1, 0.15) is 5.75 Å². The largest absolute Gasteiger partial charge is 0.496 e. The molecule has 0 atom stereocenters. The second kappa shape index (κ2) is 6.44. The van der Waals surface area contributed by atoms with Crippen molar-refractivity contribution in [3.63, 3.8) is 0 Å². The molecule has 1 N–H and O–H groups in total. The third-order valence-corrected chi connectivity index (χ3v) is 3.22. The summed E-state index contributed by atoms with van der Waals surface area (Å²) in [6.07, 6.45) is 3.77. The Kier molecular flexibility index (Phi) is 5.48. The van der Waals surface area contributed by atoms with Gasteiger partial charge in [-0.05, 0) is 63.3 Å². The predicted octanol–water partition coefficient (Wildman–Crippen LogP) is 4.14. The van der Waals surface area contributed by atoms with Crippen molar-refractivity contribution in [2.45, 2.75) is 52.1 Å². The number of benzene rings is 1. The van der Waals surface area contributed by atoms with Gasteiger partial charge in [0.25, 0.3) is 0 Å². The van der Waals surface area contributed by atoms with Crippen molar-refractivity contribution in [1.29, 1.82) is 0 Å². The van der Waals surface area contributed by atoms with E-state index in [4.69, 9.17) is 16.3 Å². The Morgan fingerprint density at radius 1 is 1.28 bits per heavy atom. The van der Waals surface area contributed by atoms with E-state index in [0.717, 1.165) is 47.6 Å². The minimum atomic E-state index is -0.575. The average molecular weight is 271 g/mol. The standard InChI is InChI=1S/C15H23ClO2/c1-11-9-13(16)10-12(14(11)18-4)7-5-6-8-15(2,3)17/h9-10,17H,5-8H2,1-4H3. The van der Waals surface area contributed by atoms with Gasteiger partial charge in [-0.2, -0.15) is 0 Å². The molecule has 1 aromatic rings. The molecule has 0 radical (unpaired) electrons. The molecule has 1 rings (SSSR count). The average Bonchev–Trinajstić information content (AvgIpc) is 2.22. The Hall–Kier alpha value is -0.730. The van der Waals surface area contributed by atoms with E-state index in [2.05, 4.69) is 0 Å². The number of aliphatic hydroxyl groups is 1.